The number of rotatable bonds is 10. The van der Waals surface area contributed by atoms with Crippen molar-refractivity contribution in [3.05, 3.63) is 39.8 Å². The molecule has 0 aliphatic heterocycles. The molecule has 0 fully saturated rings. The van der Waals surface area contributed by atoms with Crippen LogP contribution < -0.4 is 10.3 Å². The van der Waals surface area contributed by atoms with Crippen LogP contribution in [0.25, 0.3) is 22.4 Å². The summed E-state index contributed by atoms with van der Waals surface area (Å²) in [5.41, 5.74) is 2.04. The van der Waals surface area contributed by atoms with E-state index < -0.39 is 11.5 Å². The highest BCUT2D eigenvalue weighted by Gasteiger charge is 2.19. The van der Waals surface area contributed by atoms with Crippen LogP contribution in [0, 0.1) is 0 Å². The number of carboxylic acids is 1. The second-order valence-corrected chi connectivity index (χ2v) is 7.25. The summed E-state index contributed by atoms with van der Waals surface area (Å²) in [6, 6.07) is 5.06. The Morgan fingerprint density at radius 3 is 2.65 bits per heavy atom. The largest absolute Gasteiger partial charge is 0.493 e. The van der Waals surface area contributed by atoms with Crippen LogP contribution in [-0.2, 0) is 17.8 Å². The molecule has 3 rings (SSSR count). The van der Waals surface area contributed by atoms with Crippen molar-refractivity contribution >= 4 is 22.8 Å². The molecule has 0 amide bonds. The summed E-state index contributed by atoms with van der Waals surface area (Å²) in [6.07, 6.45) is 1.80. The first-order valence-electron chi connectivity index (χ1n) is 10.3. The van der Waals surface area contributed by atoms with Gasteiger partial charge in [0.25, 0.3) is 5.56 Å². The highest BCUT2D eigenvalue weighted by atomic mass is 16.5. The molecule has 0 radical (unpaired) electrons. The lowest BCUT2D eigenvalue weighted by Crippen LogP contribution is -2.11. The van der Waals surface area contributed by atoms with Crippen molar-refractivity contribution < 1.29 is 19.4 Å². The number of aryl methyl sites for hydroxylation is 2. The maximum Gasteiger partial charge on any atom is 0.303 e. The Bertz CT molecular complexity index is 1180. The van der Waals surface area contributed by atoms with Gasteiger partial charge in [-0.1, -0.05) is 13.8 Å². The molecule has 0 saturated heterocycles. The summed E-state index contributed by atoms with van der Waals surface area (Å²) in [7, 11) is 0. The normalized spacial score (nSPS) is 11.1. The number of hydrogen-bond donors (Lipinski definition) is 2. The number of nitrogens with zero attached hydrogens (tertiary/aromatic N) is 3. The molecule has 0 aliphatic rings. The molecule has 2 heterocycles. The number of fused-ring (bicyclic) bond motifs is 1. The van der Waals surface area contributed by atoms with Crippen molar-refractivity contribution in [1.82, 2.24) is 19.7 Å². The minimum Gasteiger partial charge on any atom is -0.493 e. The minimum absolute atomic E-state index is 0.0182. The first kappa shape index (κ1) is 22.2. The molecule has 2 N–H and O–H groups in total. The van der Waals surface area contributed by atoms with Crippen molar-refractivity contribution in [2.45, 2.75) is 53.0 Å². The predicted molar refractivity (Wildman–Crippen MR) is 116 cm³/mol. The van der Waals surface area contributed by atoms with Crippen LogP contribution in [0.4, 0.5) is 0 Å². The fraction of sp³-hybridized carbons (Fsp3) is 0.409. The van der Waals surface area contributed by atoms with Crippen LogP contribution in [0.2, 0.25) is 0 Å². The average Bonchev–Trinajstić information content (AvgIpc) is 3.09. The fourth-order valence-corrected chi connectivity index (χ4v) is 3.38. The van der Waals surface area contributed by atoms with Gasteiger partial charge in [-0.2, -0.15) is 5.10 Å². The molecule has 0 spiro atoms. The number of hydrogen-bond acceptors (Lipinski definition) is 6. The number of ketones is 1. The summed E-state index contributed by atoms with van der Waals surface area (Å²) in [5.74, 6) is -0.155. The molecule has 164 valence electrons. The van der Waals surface area contributed by atoms with Crippen LogP contribution in [-0.4, -0.2) is 43.2 Å². The molecule has 0 atom stereocenters. The quantitative estimate of drug-likeness (QED) is 0.477. The third kappa shape index (κ3) is 4.82. The van der Waals surface area contributed by atoms with Crippen LogP contribution >= 0.6 is 0 Å². The molecule has 1 aromatic carbocycles. The Kier molecular flexibility index (Phi) is 6.84. The third-order valence-electron chi connectivity index (χ3n) is 4.90. The van der Waals surface area contributed by atoms with Crippen LogP contribution in [0.3, 0.4) is 0 Å². The standard InChI is InChI=1S/C22H26N4O5/c1-4-11-31-17-9-8-14(13(3)27)12-15(17)21-23-19-16(5-2)26(10-6-7-18(28)29)25-20(19)22(30)24-21/h8-9,12H,4-7,10-11H2,1-3H3,(H,28,29)(H,23,24,30). The number of nitrogens with one attached hydrogen (secondary N) is 1. The number of H-pyrrole nitrogens is 1. The lowest BCUT2D eigenvalue weighted by Gasteiger charge is -2.12. The molecule has 0 saturated carbocycles. The SMILES string of the molecule is CCCOc1ccc(C(C)=O)cc1-c1nc2c(CC)n(CCCC(=O)O)nc2c(=O)[nH]1. The first-order chi connectivity index (χ1) is 14.8. The summed E-state index contributed by atoms with van der Waals surface area (Å²) < 4.78 is 7.47. The Balaban J connectivity index is 2.13. The molecular formula is C22H26N4O5. The van der Waals surface area contributed by atoms with E-state index in [-0.39, 0.29) is 17.7 Å². The van der Waals surface area contributed by atoms with E-state index >= 15 is 0 Å². The maximum atomic E-state index is 12.8. The first-order valence-corrected chi connectivity index (χ1v) is 10.3. The molecule has 31 heavy (non-hydrogen) atoms. The van der Waals surface area contributed by atoms with Gasteiger partial charge in [-0.3, -0.25) is 19.1 Å². The van der Waals surface area contributed by atoms with Crippen LogP contribution in [0.15, 0.2) is 23.0 Å². The molecular weight excluding hydrogens is 400 g/mol. The van der Waals surface area contributed by atoms with Gasteiger partial charge in [0.05, 0.1) is 17.9 Å². The van der Waals surface area contributed by atoms with Gasteiger partial charge in [0, 0.05) is 18.5 Å². The van der Waals surface area contributed by atoms with Gasteiger partial charge in [-0.05, 0) is 44.4 Å². The number of aromatic amines is 1. The minimum atomic E-state index is -0.877. The molecule has 2 aromatic heterocycles. The van der Waals surface area contributed by atoms with Gasteiger partial charge in [0.2, 0.25) is 0 Å². The summed E-state index contributed by atoms with van der Waals surface area (Å²) in [4.78, 5) is 43.0. The molecule has 0 bridgehead atoms. The molecule has 0 unspecified atom stereocenters. The van der Waals surface area contributed by atoms with Crippen LogP contribution in [0.5, 0.6) is 5.75 Å². The smallest absolute Gasteiger partial charge is 0.303 e. The fourth-order valence-electron chi connectivity index (χ4n) is 3.38. The van der Waals surface area contributed by atoms with Crippen molar-refractivity contribution in [2.75, 3.05) is 6.61 Å². The van der Waals surface area contributed by atoms with Gasteiger partial charge >= 0.3 is 5.97 Å². The zero-order valence-corrected chi connectivity index (χ0v) is 17.9. The Labute approximate surface area is 179 Å². The number of aliphatic carboxylic acids is 1. The van der Waals surface area contributed by atoms with E-state index in [0.29, 0.717) is 54.2 Å². The number of carbonyl (C=O) groups excluding carboxylic acids is 1. The summed E-state index contributed by atoms with van der Waals surface area (Å²) >= 11 is 0. The second-order valence-electron chi connectivity index (χ2n) is 7.25. The van der Waals surface area contributed by atoms with Crippen molar-refractivity contribution in [2.24, 2.45) is 0 Å². The predicted octanol–water partition coefficient (Wildman–Crippen LogP) is 3.21. The van der Waals surface area contributed by atoms with E-state index in [9.17, 15) is 14.4 Å². The van der Waals surface area contributed by atoms with Crippen molar-refractivity contribution in [3.8, 4) is 17.1 Å². The van der Waals surface area contributed by atoms with E-state index in [1.165, 1.54) is 6.92 Å². The lowest BCUT2D eigenvalue weighted by atomic mass is 10.1. The average molecular weight is 426 g/mol. The van der Waals surface area contributed by atoms with Gasteiger partial charge < -0.3 is 14.8 Å². The van der Waals surface area contributed by atoms with E-state index in [1.807, 2.05) is 13.8 Å². The number of carboxylic acid groups (broad SMARTS) is 1. The maximum absolute atomic E-state index is 12.8. The number of aromatic nitrogens is 4. The third-order valence-corrected chi connectivity index (χ3v) is 4.90. The number of carbonyl (C=O) groups is 2. The van der Waals surface area contributed by atoms with Crippen molar-refractivity contribution in [1.29, 1.82) is 0 Å². The van der Waals surface area contributed by atoms with E-state index in [0.717, 1.165) is 12.1 Å². The monoisotopic (exact) mass is 426 g/mol. The van der Waals surface area contributed by atoms with Crippen LogP contribution in [0.1, 0.15) is 56.1 Å². The molecule has 0 aliphatic carbocycles. The number of ether oxygens (including phenoxy) is 1. The Morgan fingerprint density at radius 1 is 1.23 bits per heavy atom. The van der Waals surface area contributed by atoms with Gasteiger partial charge in [-0.15, -0.1) is 0 Å². The number of benzene rings is 1. The number of Topliss-reactive ketones (excluding diaryl/α,β-unsaturated/α-hetero) is 1. The zero-order valence-electron chi connectivity index (χ0n) is 17.9. The van der Waals surface area contributed by atoms with E-state index in [4.69, 9.17) is 9.84 Å². The highest BCUT2D eigenvalue weighted by molar-refractivity contribution is 5.95. The van der Waals surface area contributed by atoms with E-state index in [2.05, 4.69) is 15.1 Å². The van der Waals surface area contributed by atoms with Crippen molar-refractivity contribution in [3.63, 3.8) is 0 Å². The summed E-state index contributed by atoms with van der Waals surface area (Å²) in [6.45, 7) is 6.26. The lowest BCUT2D eigenvalue weighted by molar-refractivity contribution is -0.137. The second kappa shape index (κ2) is 9.55. The highest BCUT2D eigenvalue weighted by Crippen LogP contribution is 2.30. The molecule has 9 heteroatoms. The van der Waals surface area contributed by atoms with Gasteiger partial charge in [0.1, 0.15) is 17.1 Å². The zero-order chi connectivity index (χ0) is 22.5. The molecule has 3 aromatic rings. The molecule has 9 nitrogen and oxygen atoms in total. The van der Waals surface area contributed by atoms with Gasteiger partial charge in [0.15, 0.2) is 11.3 Å². The Hall–Kier alpha value is -3.49. The summed E-state index contributed by atoms with van der Waals surface area (Å²) in [5, 5.41) is 13.2. The van der Waals surface area contributed by atoms with E-state index in [1.54, 1.807) is 22.9 Å². The topological polar surface area (TPSA) is 127 Å². The van der Waals surface area contributed by atoms with Gasteiger partial charge in [-0.25, -0.2) is 4.98 Å². The Morgan fingerprint density at radius 2 is 2.00 bits per heavy atom.